The molecule has 1 aliphatic heterocycles. The van der Waals surface area contributed by atoms with E-state index in [0.29, 0.717) is 6.04 Å². The second-order valence-electron chi connectivity index (χ2n) is 6.30. The number of rotatable bonds is 5. The zero-order valence-electron chi connectivity index (χ0n) is 13.3. The maximum absolute atomic E-state index is 5.60. The van der Waals surface area contributed by atoms with E-state index in [1.807, 2.05) is 0 Å². The minimum absolute atomic E-state index is 0.112. The van der Waals surface area contributed by atoms with Gasteiger partial charge in [-0.15, -0.1) is 0 Å². The van der Waals surface area contributed by atoms with Crippen molar-refractivity contribution in [1.29, 1.82) is 0 Å². The predicted molar refractivity (Wildman–Crippen MR) is 84.1 cm³/mol. The summed E-state index contributed by atoms with van der Waals surface area (Å²) in [6.07, 6.45) is 0.954. The summed E-state index contributed by atoms with van der Waals surface area (Å²) in [5.74, 6) is 0. The van der Waals surface area contributed by atoms with Crippen LogP contribution in [0, 0.1) is 0 Å². The van der Waals surface area contributed by atoms with E-state index in [1.165, 1.54) is 11.1 Å². The van der Waals surface area contributed by atoms with Crippen molar-refractivity contribution in [2.24, 2.45) is 0 Å². The molecule has 0 saturated carbocycles. The molecule has 1 atom stereocenters. The van der Waals surface area contributed by atoms with Crippen LogP contribution in [-0.4, -0.2) is 43.8 Å². The average molecular weight is 276 g/mol. The van der Waals surface area contributed by atoms with E-state index in [2.05, 4.69) is 55.3 Å². The molecule has 1 aromatic rings. The van der Waals surface area contributed by atoms with Crippen molar-refractivity contribution >= 4 is 0 Å². The molecule has 0 aliphatic carbocycles. The molecule has 3 heteroatoms. The lowest BCUT2D eigenvalue weighted by Crippen LogP contribution is -2.44. The molecule has 0 amide bonds. The Balaban J connectivity index is 2.18. The van der Waals surface area contributed by atoms with Gasteiger partial charge in [-0.05, 0) is 31.9 Å². The Kier molecular flexibility index (Phi) is 5.19. The number of ether oxygens (including phenoxy) is 1. The summed E-state index contributed by atoms with van der Waals surface area (Å²) >= 11 is 0. The summed E-state index contributed by atoms with van der Waals surface area (Å²) in [6.45, 7) is 11.1. The molecule has 0 spiro atoms. The zero-order valence-corrected chi connectivity index (χ0v) is 13.3. The lowest BCUT2D eigenvalue weighted by atomic mass is 9.91. The highest BCUT2D eigenvalue weighted by Crippen LogP contribution is 2.27. The summed E-state index contributed by atoms with van der Waals surface area (Å²) in [5.41, 5.74) is 2.74. The molecule has 2 rings (SSSR count). The highest BCUT2D eigenvalue weighted by atomic mass is 16.5. The number of hydrogen-bond donors (Lipinski definition) is 1. The first-order valence-electron chi connectivity index (χ1n) is 7.61. The maximum atomic E-state index is 5.60. The number of nitrogens with one attached hydrogen (secondary N) is 1. The normalized spacial score (nSPS) is 19.0. The molecule has 20 heavy (non-hydrogen) atoms. The monoisotopic (exact) mass is 276 g/mol. The molecule has 1 N–H and O–H groups in total. The van der Waals surface area contributed by atoms with Gasteiger partial charge in [-0.2, -0.15) is 0 Å². The fourth-order valence-electron chi connectivity index (χ4n) is 2.90. The molecule has 0 aromatic heterocycles. The van der Waals surface area contributed by atoms with Crippen molar-refractivity contribution in [1.82, 2.24) is 10.2 Å². The topological polar surface area (TPSA) is 24.5 Å². The summed E-state index contributed by atoms with van der Waals surface area (Å²) in [7, 11) is 1.79. The van der Waals surface area contributed by atoms with Crippen LogP contribution in [0.5, 0.6) is 0 Å². The van der Waals surface area contributed by atoms with Crippen LogP contribution >= 0.6 is 0 Å². The quantitative estimate of drug-likeness (QED) is 0.895. The minimum atomic E-state index is -0.112. The first kappa shape index (κ1) is 15.5. The second-order valence-corrected chi connectivity index (χ2v) is 6.30. The Bertz CT molecular complexity index is 425. The predicted octanol–water partition coefficient (Wildman–Crippen LogP) is 2.62. The van der Waals surface area contributed by atoms with Gasteiger partial charge in [-0.25, -0.2) is 0 Å². The molecule has 1 aromatic carbocycles. The third-order valence-corrected chi connectivity index (χ3v) is 4.37. The van der Waals surface area contributed by atoms with Crippen LogP contribution in [0.1, 0.15) is 37.9 Å². The van der Waals surface area contributed by atoms with Gasteiger partial charge in [-0.3, -0.25) is 4.90 Å². The molecule has 1 heterocycles. The second kappa shape index (κ2) is 6.70. The van der Waals surface area contributed by atoms with E-state index in [-0.39, 0.29) is 5.60 Å². The van der Waals surface area contributed by atoms with E-state index in [4.69, 9.17) is 4.74 Å². The van der Waals surface area contributed by atoms with Gasteiger partial charge in [0.05, 0.1) is 5.60 Å². The van der Waals surface area contributed by atoms with Gasteiger partial charge in [-0.1, -0.05) is 24.3 Å². The summed E-state index contributed by atoms with van der Waals surface area (Å²) in [5, 5.41) is 3.42. The highest BCUT2D eigenvalue weighted by Gasteiger charge is 2.23. The van der Waals surface area contributed by atoms with Crippen LogP contribution in [0.4, 0.5) is 0 Å². The summed E-state index contributed by atoms with van der Waals surface area (Å²) in [4.78, 5) is 2.56. The lowest BCUT2D eigenvalue weighted by Gasteiger charge is -2.35. The number of piperazine rings is 1. The zero-order chi connectivity index (χ0) is 14.6. The van der Waals surface area contributed by atoms with Gasteiger partial charge in [0, 0.05) is 45.8 Å². The van der Waals surface area contributed by atoms with Crippen molar-refractivity contribution in [3.63, 3.8) is 0 Å². The number of nitrogens with zero attached hydrogens (tertiary/aromatic N) is 1. The standard InChI is InChI=1S/C17H28N2O/c1-14(19-11-9-18-10-12-19)16-8-6-5-7-15(16)13-17(2,3)20-4/h5-8,14,18H,9-13H2,1-4H3. The van der Waals surface area contributed by atoms with Gasteiger partial charge in [0.25, 0.3) is 0 Å². The Labute approximate surface area is 123 Å². The van der Waals surface area contributed by atoms with Gasteiger partial charge < -0.3 is 10.1 Å². The molecule has 0 radical (unpaired) electrons. The van der Waals surface area contributed by atoms with Crippen molar-refractivity contribution in [2.75, 3.05) is 33.3 Å². The fourth-order valence-corrected chi connectivity index (χ4v) is 2.90. The SMILES string of the molecule is COC(C)(C)Cc1ccccc1C(C)N1CCNCC1. The largest absolute Gasteiger partial charge is 0.378 e. The number of hydrogen-bond acceptors (Lipinski definition) is 3. The van der Waals surface area contributed by atoms with Crippen LogP contribution in [0.3, 0.4) is 0 Å². The van der Waals surface area contributed by atoms with Gasteiger partial charge in [0.15, 0.2) is 0 Å². The number of methoxy groups -OCH3 is 1. The van der Waals surface area contributed by atoms with E-state index in [9.17, 15) is 0 Å². The van der Waals surface area contributed by atoms with Crippen molar-refractivity contribution in [3.8, 4) is 0 Å². The first-order valence-corrected chi connectivity index (χ1v) is 7.61. The molecule has 1 fully saturated rings. The Hall–Kier alpha value is -0.900. The van der Waals surface area contributed by atoms with Gasteiger partial charge >= 0.3 is 0 Å². The molecular weight excluding hydrogens is 248 g/mol. The van der Waals surface area contributed by atoms with Crippen LogP contribution in [0.25, 0.3) is 0 Å². The minimum Gasteiger partial charge on any atom is -0.378 e. The number of benzene rings is 1. The fraction of sp³-hybridized carbons (Fsp3) is 0.647. The van der Waals surface area contributed by atoms with Gasteiger partial charge in [0.2, 0.25) is 0 Å². The molecule has 1 aliphatic rings. The Morgan fingerprint density at radius 1 is 1.25 bits per heavy atom. The average Bonchev–Trinajstić information content (AvgIpc) is 2.48. The molecular formula is C17H28N2O. The van der Waals surface area contributed by atoms with E-state index in [0.717, 1.165) is 32.6 Å². The molecule has 112 valence electrons. The van der Waals surface area contributed by atoms with Crippen molar-refractivity contribution in [3.05, 3.63) is 35.4 Å². The van der Waals surface area contributed by atoms with Crippen LogP contribution in [-0.2, 0) is 11.2 Å². The highest BCUT2D eigenvalue weighted by molar-refractivity contribution is 5.31. The molecule has 1 saturated heterocycles. The maximum Gasteiger partial charge on any atom is 0.0663 e. The molecule has 1 unspecified atom stereocenters. The van der Waals surface area contributed by atoms with Crippen molar-refractivity contribution < 1.29 is 4.74 Å². The summed E-state index contributed by atoms with van der Waals surface area (Å²) in [6, 6.07) is 9.27. The molecule has 0 bridgehead atoms. The third kappa shape index (κ3) is 3.81. The van der Waals surface area contributed by atoms with Crippen LogP contribution in [0.2, 0.25) is 0 Å². The molecule has 3 nitrogen and oxygen atoms in total. The lowest BCUT2D eigenvalue weighted by molar-refractivity contribution is 0.0227. The Morgan fingerprint density at radius 3 is 2.55 bits per heavy atom. The Morgan fingerprint density at radius 2 is 1.90 bits per heavy atom. The smallest absolute Gasteiger partial charge is 0.0663 e. The van der Waals surface area contributed by atoms with E-state index >= 15 is 0 Å². The van der Waals surface area contributed by atoms with Gasteiger partial charge in [0.1, 0.15) is 0 Å². The first-order chi connectivity index (χ1) is 9.53. The van der Waals surface area contributed by atoms with Crippen LogP contribution < -0.4 is 5.32 Å². The summed E-state index contributed by atoms with van der Waals surface area (Å²) < 4.78 is 5.60. The van der Waals surface area contributed by atoms with E-state index < -0.39 is 0 Å². The van der Waals surface area contributed by atoms with Crippen LogP contribution in [0.15, 0.2) is 24.3 Å². The van der Waals surface area contributed by atoms with Crippen molar-refractivity contribution in [2.45, 2.75) is 38.8 Å². The third-order valence-electron chi connectivity index (χ3n) is 4.37. The van der Waals surface area contributed by atoms with E-state index in [1.54, 1.807) is 7.11 Å².